The maximum Gasteiger partial charge on any atom is 0.241 e. The summed E-state index contributed by atoms with van der Waals surface area (Å²) in [6.45, 7) is 2.08. The van der Waals surface area contributed by atoms with Gasteiger partial charge in [-0.05, 0) is 19.8 Å². The fourth-order valence-electron chi connectivity index (χ4n) is 2.47. The molecule has 9 heteroatoms. The van der Waals surface area contributed by atoms with Gasteiger partial charge in [0.25, 0.3) is 0 Å². The van der Waals surface area contributed by atoms with E-state index >= 15 is 0 Å². The van der Waals surface area contributed by atoms with Crippen molar-refractivity contribution in [3.8, 4) is 11.8 Å². The van der Waals surface area contributed by atoms with Crippen molar-refractivity contribution in [1.82, 2.24) is 14.3 Å². The zero-order chi connectivity index (χ0) is 16.4. The van der Waals surface area contributed by atoms with Gasteiger partial charge in [-0.2, -0.15) is 4.98 Å². The molecule has 1 aromatic rings. The van der Waals surface area contributed by atoms with Crippen LogP contribution >= 0.6 is 0 Å². The lowest BCUT2D eigenvalue weighted by atomic mass is 9.89. The number of sulfonamides is 1. The molecule has 0 atom stereocenters. The minimum Gasteiger partial charge on any atom is -0.480 e. The van der Waals surface area contributed by atoms with Crippen LogP contribution in [0.1, 0.15) is 25.5 Å². The second-order valence-electron chi connectivity index (χ2n) is 5.10. The van der Waals surface area contributed by atoms with E-state index in [1.54, 1.807) is 6.92 Å². The summed E-state index contributed by atoms with van der Waals surface area (Å²) in [6, 6.07) is 0. The second kappa shape index (κ2) is 6.35. The van der Waals surface area contributed by atoms with Crippen LogP contribution < -0.4 is 9.47 Å². The standard InChI is InChI=1S/C13H21N3O5S/c1-4-22(18,19)16-7-5-13(17,6-8-16)11-12(21-3)15-10(20-2)9-14-11/h9,17H,4-8H2,1-3H3. The number of hydrogen-bond donors (Lipinski definition) is 1. The summed E-state index contributed by atoms with van der Waals surface area (Å²) in [7, 11) is -0.343. The van der Waals surface area contributed by atoms with Gasteiger partial charge in [-0.3, -0.25) is 0 Å². The van der Waals surface area contributed by atoms with Crippen molar-refractivity contribution < 1.29 is 23.0 Å². The average Bonchev–Trinajstić information content (AvgIpc) is 2.54. The Labute approximate surface area is 130 Å². The van der Waals surface area contributed by atoms with Crippen LogP contribution in [0.15, 0.2) is 6.20 Å². The molecule has 2 heterocycles. The van der Waals surface area contributed by atoms with Gasteiger partial charge < -0.3 is 14.6 Å². The zero-order valence-electron chi connectivity index (χ0n) is 12.9. The van der Waals surface area contributed by atoms with E-state index < -0.39 is 15.6 Å². The molecule has 1 saturated heterocycles. The highest BCUT2D eigenvalue weighted by atomic mass is 32.2. The average molecular weight is 331 g/mol. The molecule has 1 aliphatic rings. The molecule has 0 bridgehead atoms. The van der Waals surface area contributed by atoms with E-state index in [1.807, 2.05) is 0 Å². The number of rotatable bonds is 5. The Kier molecular flexibility index (Phi) is 4.88. The number of ether oxygens (including phenoxy) is 2. The molecular weight excluding hydrogens is 310 g/mol. The molecule has 0 spiro atoms. The van der Waals surface area contributed by atoms with Crippen LogP contribution in [0, 0.1) is 0 Å². The summed E-state index contributed by atoms with van der Waals surface area (Å²) in [4.78, 5) is 8.31. The third kappa shape index (κ3) is 3.16. The van der Waals surface area contributed by atoms with Crippen LogP contribution in [-0.2, 0) is 15.6 Å². The number of methoxy groups -OCH3 is 2. The van der Waals surface area contributed by atoms with Crippen LogP contribution in [0.25, 0.3) is 0 Å². The zero-order valence-corrected chi connectivity index (χ0v) is 13.8. The number of piperidine rings is 1. The van der Waals surface area contributed by atoms with Gasteiger partial charge in [-0.25, -0.2) is 17.7 Å². The van der Waals surface area contributed by atoms with E-state index in [4.69, 9.17) is 9.47 Å². The molecule has 0 radical (unpaired) electrons. The number of nitrogens with zero attached hydrogens (tertiary/aromatic N) is 3. The van der Waals surface area contributed by atoms with E-state index in [1.165, 1.54) is 24.7 Å². The third-order valence-corrected chi connectivity index (χ3v) is 5.75. The minimum atomic E-state index is -3.25. The topological polar surface area (TPSA) is 102 Å². The summed E-state index contributed by atoms with van der Waals surface area (Å²) in [6.07, 6.45) is 1.89. The first-order chi connectivity index (χ1) is 10.4. The molecule has 2 rings (SSSR count). The number of aromatic nitrogens is 2. The van der Waals surface area contributed by atoms with Crippen LogP contribution in [0.2, 0.25) is 0 Å². The predicted octanol–water partition coefficient (Wildman–Crippen LogP) is 0.127. The molecule has 1 aromatic heterocycles. The molecule has 0 unspecified atom stereocenters. The monoisotopic (exact) mass is 331 g/mol. The molecule has 0 amide bonds. The molecule has 8 nitrogen and oxygen atoms in total. The lowest BCUT2D eigenvalue weighted by Crippen LogP contribution is -2.46. The Balaban J connectivity index is 2.24. The smallest absolute Gasteiger partial charge is 0.241 e. The quantitative estimate of drug-likeness (QED) is 0.818. The first-order valence-electron chi connectivity index (χ1n) is 7.02. The summed E-state index contributed by atoms with van der Waals surface area (Å²) in [5.74, 6) is 0.528. The van der Waals surface area contributed by atoms with Gasteiger partial charge in [-0.15, -0.1) is 0 Å². The van der Waals surface area contributed by atoms with Gasteiger partial charge in [0.1, 0.15) is 11.3 Å². The third-order valence-electron chi connectivity index (χ3n) is 3.87. The Hall–Kier alpha value is -1.45. The molecule has 1 fully saturated rings. The fourth-order valence-corrected chi connectivity index (χ4v) is 3.57. The Bertz CT molecular complexity index is 627. The summed E-state index contributed by atoms with van der Waals surface area (Å²) in [5.41, 5.74) is -0.950. The highest BCUT2D eigenvalue weighted by Crippen LogP contribution is 2.37. The minimum absolute atomic E-state index is 0.0527. The molecule has 22 heavy (non-hydrogen) atoms. The Morgan fingerprint density at radius 2 is 1.95 bits per heavy atom. The maximum absolute atomic E-state index is 11.9. The molecular formula is C13H21N3O5S. The lowest BCUT2D eigenvalue weighted by molar-refractivity contribution is -0.0159. The van der Waals surface area contributed by atoms with Gasteiger partial charge in [0.15, 0.2) is 0 Å². The maximum atomic E-state index is 11.9. The molecule has 1 aliphatic heterocycles. The van der Waals surface area contributed by atoms with Crippen LogP contribution in [0.4, 0.5) is 0 Å². The van der Waals surface area contributed by atoms with Crippen molar-refractivity contribution >= 4 is 10.0 Å². The molecule has 0 saturated carbocycles. The van der Waals surface area contributed by atoms with Crippen molar-refractivity contribution in [2.24, 2.45) is 0 Å². The predicted molar refractivity (Wildman–Crippen MR) is 79.3 cm³/mol. The fraction of sp³-hybridized carbons (Fsp3) is 0.692. The summed E-state index contributed by atoms with van der Waals surface area (Å²) < 4.78 is 35.3. The number of aliphatic hydroxyl groups is 1. The highest BCUT2D eigenvalue weighted by molar-refractivity contribution is 7.89. The van der Waals surface area contributed by atoms with E-state index in [0.717, 1.165) is 0 Å². The largest absolute Gasteiger partial charge is 0.480 e. The lowest BCUT2D eigenvalue weighted by Gasteiger charge is -2.37. The van der Waals surface area contributed by atoms with E-state index in [9.17, 15) is 13.5 Å². The van der Waals surface area contributed by atoms with Crippen molar-refractivity contribution in [2.45, 2.75) is 25.4 Å². The first-order valence-corrected chi connectivity index (χ1v) is 8.63. The van der Waals surface area contributed by atoms with Crippen molar-refractivity contribution in [2.75, 3.05) is 33.1 Å². The molecule has 0 aromatic carbocycles. The van der Waals surface area contributed by atoms with E-state index in [2.05, 4.69) is 9.97 Å². The molecule has 124 valence electrons. The van der Waals surface area contributed by atoms with Crippen molar-refractivity contribution in [3.63, 3.8) is 0 Å². The van der Waals surface area contributed by atoms with Gasteiger partial charge in [0.05, 0.1) is 26.2 Å². The Morgan fingerprint density at radius 3 is 2.45 bits per heavy atom. The van der Waals surface area contributed by atoms with Gasteiger partial charge in [0, 0.05) is 13.1 Å². The number of hydrogen-bond acceptors (Lipinski definition) is 7. The van der Waals surface area contributed by atoms with Gasteiger partial charge in [0.2, 0.25) is 21.8 Å². The first kappa shape index (κ1) is 16.9. The summed E-state index contributed by atoms with van der Waals surface area (Å²) in [5, 5.41) is 10.8. The Morgan fingerprint density at radius 1 is 1.32 bits per heavy atom. The van der Waals surface area contributed by atoms with Crippen molar-refractivity contribution in [1.29, 1.82) is 0 Å². The molecule has 0 aliphatic carbocycles. The van der Waals surface area contributed by atoms with Gasteiger partial charge >= 0.3 is 0 Å². The highest BCUT2D eigenvalue weighted by Gasteiger charge is 2.40. The van der Waals surface area contributed by atoms with Crippen LogP contribution in [0.5, 0.6) is 11.8 Å². The van der Waals surface area contributed by atoms with Crippen LogP contribution in [0.3, 0.4) is 0 Å². The van der Waals surface area contributed by atoms with Gasteiger partial charge in [-0.1, -0.05) is 0 Å². The SMILES string of the molecule is CCS(=O)(=O)N1CCC(O)(c2ncc(OC)nc2OC)CC1. The summed E-state index contributed by atoms with van der Waals surface area (Å²) >= 11 is 0. The normalized spacial score (nSPS) is 18.9. The second-order valence-corrected chi connectivity index (χ2v) is 7.36. The molecule has 1 N–H and O–H groups in total. The van der Waals surface area contributed by atoms with Crippen molar-refractivity contribution in [3.05, 3.63) is 11.9 Å². The van der Waals surface area contributed by atoms with Crippen LogP contribution in [-0.4, -0.2) is 60.9 Å². The van der Waals surface area contributed by atoms with E-state index in [-0.39, 0.29) is 43.4 Å². The van der Waals surface area contributed by atoms with E-state index in [0.29, 0.717) is 5.69 Å².